The third-order valence-electron chi connectivity index (χ3n) is 2.91. The summed E-state index contributed by atoms with van der Waals surface area (Å²) in [4.78, 5) is 13.3. The van der Waals surface area contributed by atoms with Gasteiger partial charge in [0.05, 0.1) is 6.10 Å². The Labute approximate surface area is 72.4 Å². The third-order valence-corrected chi connectivity index (χ3v) is 2.91. The van der Waals surface area contributed by atoms with Gasteiger partial charge in [0.25, 0.3) is 0 Å². The Balaban J connectivity index is 1.83. The fraction of sp³-hybridized carbons (Fsp3) is 0.889. The summed E-state index contributed by atoms with van der Waals surface area (Å²) in [6, 6.07) is 0.313. The molecule has 0 aromatic heterocycles. The maximum Gasteiger partial charge on any atom is 0.225 e. The number of amides is 1. The summed E-state index contributed by atoms with van der Waals surface area (Å²) in [6.07, 6.45) is 3.52. The molecule has 0 spiro atoms. The van der Waals surface area contributed by atoms with E-state index in [4.69, 9.17) is 5.11 Å². The largest absolute Gasteiger partial charge is 0.393 e. The molecule has 2 rings (SSSR count). The second-order valence-corrected chi connectivity index (χ2v) is 4.00. The van der Waals surface area contributed by atoms with Crippen molar-refractivity contribution in [3.8, 4) is 0 Å². The smallest absolute Gasteiger partial charge is 0.225 e. The van der Waals surface area contributed by atoms with Gasteiger partial charge >= 0.3 is 0 Å². The zero-order chi connectivity index (χ0) is 8.72. The molecular formula is C9H15NO2. The van der Waals surface area contributed by atoms with Crippen LogP contribution in [0.5, 0.6) is 0 Å². The van der Waals surface area contributed by atoms with Crippen molar-refractivity contribution in [3.63, 3.8) is 0 Å². The lowest BCUT2D eigenvalue weighted by atomic mass is 9.88. The van der Waals surface area contributed by atoms with Crippen LogP contribution in [0.1, 0.15) is 25.7 Å². The monoisotopic (exact) mass is 169 g/mol. The molecule has 0 heterocycles. The number of carbonyl (C=O) groups excluding carboxylic acids is 1. The zero-order valence-electron chi connectivity index (χ0n) is 7.36. The number of aliphatic hydroxyl groups excluding tert-OH is 1. The van der Waals surface area contributed by atoms with Gasteiger partial charge in [0, 0.05) is 19.0 Å². The highest BCUT2D eigenvalue weighted by Gasteiger charge is 2.38. The van der Waals surface area contributed by atoms with Gasteiger partial charge in [-0.1, -0.05) is 0 Å². The SMILES string of the molecule is CN(C(=O)C1CC1)C1CC(O)C1. The lowest BCUT2D eigenvalue weighted by molar-refractivity contribution is -0.137. The van der Waals surface area contributed by atoms with Gasteiger partial charge in [-0.25, -0.2) is 0 Å². The van der Waals surface area contributed by atoms with E-state index in [0.717, 1.165) is 25.7 Å². The van der Waals surface area contributed by atoms with Crippen molar-refractivity contribution in [2.75, 3.05) is 7.05 Å². The normalized spacial score (nSPS) is 34.2. The Bertz CT molecular complexity index is 195. The lowest BCUT2D eigenvalue weighted by Crippen LogP contribution is -2.48. The van der Waals surface area contributed by atoms with E-state index in [2.05, 4.69) is 0 Å². The van der Waals surface area contributed by atoms with Crippen molar-refractivity contribution in [2.45, 2.75) is 37.8 Å². The molecule has 2 aliphatic rings. The summed E-state index contributed by atoms with van der Waals surface area (Å²) in [5, 5.41) is 9.07. The maximum absolute atomic E-state index is 11.5. The Morgan fingerprint density at radius 2 is 2.00 bits per heavy atom. The number of rotatable bonds is 2. The number of carbonyl (C=O) groups is 1. The lowest BCUT2D eigenvalue weighted by Gasteiger charge is -2.38. The first-order valence-electron chi connectivity index (χ1n) is 4.63. The molecule has 3 heteroatoms. The van der Waals surface area contributed by atoms with E-state index in [0.29, 0.717) is 12.0 Å². The van der Waals surface area contributed by atoms with E-state index in [1.165, 1.54) is 0 Å². The van der Waals surface area contributed by atoms with Crippen LogP contribution in [0.15, 0.2) is 0 Å². The van der Waals surface area contributed by atoms with E-state index >= 15 is 0 Å². The van der Waals surface area contributed by atoms with E-state index < -0.39 is 0 Å². The molecule has 0 aromatic rings. The molecule has 1 N–H and O–H groups in total. The summed E-state index contributed by atoms with van der Waals surface area (Å²) in [7, 11) is 1.86. The van der Waals surface area contributed by atoms with Gasteiger partial charge in [0.15, 0.2) is 0 Å². The van der Waals surface area contributed by atoms with Crippen LogP contribution in [-0.2, 0) is 4.79 Å². The van der Waals surface area contributed by atoms with Gasteiger partial charge in [-0.3, -0.25) is 4.79 Å². The number of hydrogen-bond acceptors (Lipinski definition) is 2. The Kier molecular flexibility index (Phi) is 1.83. The minimum atomic E-state index is -0.163. The van der Waals surface area contributed by atoms with Crippen molar-refractivity contribution < 1.29 is 9.90 Å². The van der Waals surface area contributed by atoms with Gasteiger partial charge in [-0.2, -0.15) is 0 Å². The average molecular weight is 169 g/mol. The van der Waals surface area contributed by atoms with E-state index in [1.807, 2.05) is 11.9 Å². The molecule has 12 heavy (non-hydrogen) atoms. The van der Waals surface area contributed by atoms with Gasteiger partial charge < -0.3 is 10.0 Å². The van der Waals surface area contributed by atoms with Gasteiger partial charge in [-0.05, 0) is 25.7 Å². The molecule has 2 aliphatic carbocycles. The average Bonchev–Trinajstić information content (AvgIpc) is 2.78. The standard InChI is InChI=1S/C9H15NO2/c1-10(7-4-8(11)5-7)9(12)6-2-3-6/h6-8,11H,2-5H2,1H3. The molecule has 3 nitrogen and oxygen atoms in total. The summed E-state index contributed by atoms with van der Waals surface area (Å²) in [5.41, 5.74) is 0. The van der Waals surface area contributed by atoms with Crippen LogP contribution in [0.3, 0.4) is 0 Å². The first-order chi connectivity index (χ1) is 5.68. The predicted molar refractivity (Wildman–Crippen MR) is 44.5 cm³/mol. The number of aliphatic hydroxyl groups is 1. The molecule has 0 atom stereocenters. The molecule has 0 aliphatic heterocycles. The molecule has 2 fully saturated rings. The molecule has 1 amide bonds. The molecule has 0 radical (unpaired) electrons. The molecule has 0 aromatic carbocycles. The van der Waals surface area contributed by atoms with Crippen molar-refractivity contribution in [1.82, 2.24) is 4.90 Å². The number of nitrogens with zero attached hydrogens (tertiary/aromatic N) is 1. The fourth-order valence-electron chi connectivity index (χ4n) is 1.67. The van der Waals surface area contributed by atoms with Crippen LogP contribution in [0.25, 0.3) is 0 Å². The van der Waals surface area contributed by atoms with E-state index in [1.54, 1.807) is 0 Å². The maximum atomic E-state index is 11.5. The first kappa shape index (κ1) is 8.05. The first-order valence-corrected chi connectivity index (χ1v) is 4.63. The van der Waals surface area contributed by atoms with Crippen LogP contribution in [0, 0.1) is 5.92 Å². The molecule has 0 bridgehead atoms. The number of hydrogen-bond donors (Lipinski definition) is 1. The second-order valence-electron chi connectivity index (χ2n) is 4.00. The van der Waals surface area contributed by atoms with Crippen LogP contribution in [-0.4, -0.2) is 35.1 Å². The minimum Gasteiger partial charge on any atom is -0.393 e. The molecular weight excluding hydrogens is 154 g/mol. The summed E-state index contributed by atoms with van der Waals surface area (Å²) >= 11 is 0. The Morgan fingerprint density at radius 1 is 1.42 bits per heavy atom. The van der Waals surface area contributed by atoms with Gasteiger partial charge in [-0.15, -0.1) is 0 Å². The second kappa shape index (κ2) is 2.73. The quantitative estimate of drug-likeness (QED) is 0.649. The van der Waals surface area contributed by atoms with Crippen molar-refractivity contribution in [2.24, 2.45) is 5.92 Å². The molecule has 0 unspecified atom stereocenters. The predicted octanol–water partition coefficient (Wildman–Crippen LogP) is 0.378. The van der Waals surface area contributed by atoms with Crippen LogP contribution < -0.4 is 0 Å². The molecule has 0 saturated heterocycles. The van der Waals surface area contributed by atoms with Crippen LogP contribution in [0.2, 0.25) is 0 Å². The highest BCUT2D eigenvalue weighted by Crippen LogP contribution is 2.33. The zero-order valence-corrected chi connectivity index (χ0v) is 7.36. The van der Waals surface area contributed by atoms with Crippen LogP contribution >= 0.6 is 0 Å². The molecule has 2 saturated carbocycles. The third kappa shape index (κ3) is 1.33. The van der Waals surface area contributed by atoms with Crippen molar-refractivity contribution >= 4 is 5.91 Å². The highest BCUT2D eigenvalue weighted by molar-refractivity contribution is 5.81. The highest BCUT2D eigenvalue weighted by atomic mass is 16.3. The van der Waals surface area contributed by atoms with Crippen LogP contribution in [0.4, 0.5) is 0 Å². The van der Waals surface area contributed by atoms with Gasteiger partial charge in [0.1, 0.15) is 0 Å². The Morgan fingerprint density at radius 3 is 2.42 bits per heavy atom. The van der Waals surface area contributed by atoms with E-state index in [9.17, 15) is 4.79 Å². The summed E-state index contributed by atoms with van der Waals surface area (Å²) < 4.78 is 0. The fourth-order valence-corrected chi connectivity index (χ4v) is 1.67. The minimum absolute atomic E-state index is 0.163. The Hall–Kier alpha value is -0.570. The summed E-state index contributed by atoms with van der Waals surface area (Å²) in [6.45, 7) is 0. The van der Waals surface area contributed by atoms with E-state index in [-0.39, 0.29) is 12.0 Å². The van der Waals surface area contributed by atoms with Gasteiger partial charge in [0.2, 0.25) is 5.91 Å². The van der Waals surface area contributed by atoms with Crippen molar-refractivity contribution in [1.29, 1.82) is 0 Å². The van der Waals surface area contributed by atoms with Crippen molar-refractivity contribution in [3.05, 3.63) is 0 Å². The molecule has 68 valence electrons. The summed E-state index contributed by atoms with van der Waals surface area (Å²) in [5.74, 6) is 0.597. The topological polar surface area (TPSA) is 40.5 Å².